The van der Waals surface area contributed by atoms with Crippen molar-refractivity contribution in [3.63, 3.8) is 0 Å². The first kappa shape index (κ1) is 26.3. The molecule has 3 aromatic rings. The van der Waals surface area contributed by atoms with Gasteiger partial charge in [-0.05, 0) is 81.3 Å². The number of amides is 1. The largest absolute Gasteiger partial charge is 0.507 e. The number of hydrogen-bond donors (Lipinski definition) is 1. The van der Waals surface area contributed by atoms with Gasteiger partial charge in [-0.1, -0.05) is 35.9 Å². The number of rotatable bonds is 8. The van der Waals surface area contributed by atoms with Gasteiger partial charge >= 0.3 is 0 Å². The van der Waals surface area contributed by atoms with E-state index in [-0.39, 0.29) is 11.3 Å². The molecule has 3 aromatic carbocycles. The highest BCUT2D eigenvalue weighted by Gasteiger charge is 2.47. The smallest absolute Gasteiger partial charge is 0.300 e. The molecule has 37 heavy (non-hydrogen) atoms. The number of aliphatic hydroxyl groups excluding tert-OH is 1. The number of carbonyl (C=O) groups is 2. The number of hydrogen-bond acceptors (Lipinski definition) is 5. The Labute approximate surface area is 222 Å². The van der Waals surface area contributed by atoms with Crippen molar-refractivity contribution in [3.8, 4) is 5.75 Å². The molecule has 1 unspecified atom stereocenters. The molecule has 0 radical (unpaired) electrons. The lowest BCUT2D eigenvalue weighted by Gasteiger charge is -2.27. The zero-order valence-electron chi connectivity index (χ0n) is 21.5. The highest BCUT2D eigenvalue weighted by Crippen LogP contribution is 2.44. The first-order chi connectivity index (χ1) is 17.8. The van der Waals surface area contributed by atoms with Gasteiger partial charge in [0.05, 0.1) is 23.2 Å². The lowest BCUT2D eigenvalue weighted by molar-refractivity contribution is -0.132. The maximum absolute atomic E-state index is 13.5. The van der Waals surface area contributed by atoms with Crippen LogP contribution in [0.4, 0.5) is 11.4 Å². The second-order valence-electron chi connectivity index (χ2n) is 8.79. The van der Waals surface area contributed by atoms with Gasteiger partial charge in [-0.3, -0.25) is 14.5 Å². The van der Waals surface area contributed by atoms with Gasteiger partial charge in [-0.15, -0.1) is 0 Å². The number of anilines is 2. The number of carbonyl (C=O) groups excluding carboxylic acids is 2. The van der Waals surface area contributed by atoms with E-state index in [1.165, 1.54) is 4.90 Å². The third kappa shape index (κ3) is 4.94. The summed E-state index contributed by atoms with van der Waals surface area (Å²) in [5.41, 5.74) is 3.64. The standard InChI is InChI=1S/C30H31ClN2O4/c1-5-32(6-2)21-13-15-22(16-14-21)33-27(23-11-9-8-10-19(23)4)26(29(35)30(33)36)28(34)20-12-17-24(31)25(18-20)37-7-3/h8-18,27,34H,5-7H2,1-4H3/b28-26+. The average Bonchev–Trinajstić information content (AvgIpc) is 3.16. The number of aryl methyl sites for hydroxylation is 1. The minimum absolute atomic E-state index is 0.0249. The quantitative estimate of drug-likeness (QED) is 0.209. The molecule has 0 bridgehead atoms. The van der Waals surface area contributed by atoms with E-state index < -0.39 is 17.7 Å². The highest BCUT2D eigenvalue weighted by molar-refractivity contribution is 6.51. The van der Waals surface area contributed by atoms with Gasteiger partial charge in [0.2, 0.25) is 0 Å². The molecule has 1 heterocycles. The molecule has 6 nitrogen and oxygen atoms in total. The van der Waals surface area contributed by atoms with Gasteiger partial charge in [-0.2, -0.15) is 0 Å². The van der Waals surface area contributed by atoms with E-state index in [1.54, 1.807) is 18.2 Å². The van der Waals surface area contributed by atoms with Crippen LogP contribution in [0.3, 0.4) is 0 Å². The predicted octanol–water partition coefficient (Wildman–Crippen LogP) is 6.52. The molecule has 1 atom stereocenters. The van der Waals surface area contributed by atoms with Crippen LogP contribution in [0.2, 0.25) is 5.02 Å². The van der Waals surface area contributed by atoms with Crippen LogP contribution in [0.1, 0.15) is 43.5 Å². The predicted molar refractivity (Wildman–Crippen MR) is 149 cm³/mol. The van der Waals surface area contributed by atoms with Crippen molar-refractivity contribution in [1.82, 2.24) is 0 Å². The number of benzene rings is 3. The van der Waals surface area contributed by atoms with E-state index in [1.807, 2.05) is 62.4 Å². The first-order valence-electron chi connectivity index (χ1n) is 12.5. The molecule has 1 fully saturated rings. The number of nitrogens with zero attached hydrogens (tertiary/aromatic N) is 2. The van der Waals surface area contributed by atoms with Crippen LogP contribution in [0.5, 0.6) is 5.75 Å². The maximum Gasteiger partial charge on any atom is 0.300 e. The van der Waals surface area contributed by atoms with Crippen molar-refractivity contribution >= 4 is 40.4 Å². The number of Topliss-reactive ketones (excluding diaryl/α,β-unsaturated/α-hetero) is 1. The minimum Gasteiger partial charge on any atom is -0.507 e. The van der Waals surface area contributed by atoms with Crippen molar-refractivity contribution in [2.24, 2.45) is 0 Å². The van der Waals surface area contributed by atoms with Crippen LogP contribution < -0.4 is 14.5 Å². The van der Waals surface area contributed by atoms with Gasteiger partial charge < -0.3 is 14.7 Å². The van der Waals surface area contributed by atoms with Crippen molar-refractivity contribution in [3.05, 3.63) is 94.0 Å². The first-order valence-corrected chi connectivity index (χ1v) is 12.8. The zero-order valence-corrected chi connectivity index (χ0v) is 22.2. The SMILES string of the molecule is CCOc1cc(/C(O)=C2\C(=O)C(=O)N(c3ccc(N(CC)CC)cc3)C2c2ccccc2C)ccc1Cl. The van der Waals surface area contributed by atoms with Crippen LogP contribution in [0, 0.1) is 6.92 Å². The van der Waals surface area contributed by atoms with Crippen molar-refractivity contribution in [1.29, 1.82) is 0 Å². The Morgan fingerprint density at radius 1 is 1.00 bits per heavy atom. The lowest BCUT2D eigenvalue weighted by Crippen LogP contribution is -2.30. The molecule has 1 amide bonds. The van der Waals surface area contributed by atoms with E-state index in [4.69, 9.17) is 16.3 Å². The number of ether oxygens (including phenoxy) is 1. The third-order valence-electron chi connectivity index (χ3n) is 6.69. The fourth-order valence-electron chi connectivity index (χ4n) is 4.77. The average molecular weight is 519 g/mol. The van der Waals surface area contributed by atoms with E-state index in [2.05, 4.69) is 18.7 Å². The number of aliphatic hydroxyl groups is 1. The highest BCUT2D eigenvalue weighted by atomic mass is 35.5. The van der Waals surface area contributed by atoms with Gasteiger partial charge in [0.15, 0.2) is 0 Å². The number of halogens is 1. The van der Waals surface area contributed by atoms with Crippen LogP contribution in [0.25, 0.3) is 5.76 Å². The normalized spacial score (nSPS) is 16.8. The molecule has 4 rings (SSSR count). The summed E-state index contributed by atoms with van der Waals surface area (Å²) in [6.07, 6.45) is 0. The summed E-state index contributed by atoms with van der Waals surface area (Å²) in [7, 11) is 0. The summed E-state index contributed by atoms with van der Waals surface area (Å²) in [5, 5.41) is 11.8. The summed E-state index contributed by atoms with van der Waals surface area (Å²) in [4.78, 5) is 30.6. The van der Waals surface area contributed by atoms with Gasteiger partial charge in [-0.25, -0.2) is 0 Å². The summed E-state index contributed by atoms with van der Waals surface area (Å²) >= 11 is 6.24. The van der Waals surface area contributed by atoms with E-state index >= 15 is 0 Å². The summed E-state index contributed by atoms with van der Waals surface area (Å²) in [5.74, 6) is -1.32. The van der Waals surface area contributed by atoms with Crippen molar-refractivity contribution in [2.45, 2.75) is 33.7 Å². The second-order valence-corrected chi connectivity index (χ2v) is 9.20. The molecule has 1 saturated heterocycles. The van der Waals surface area contributed by atoms with E-state index in [0.717, 1.165) is 29.9 Å². The zero-order chi connectivity index (χ0) is 26.7. The second kappa shape index (κ2) is 11.1. The Bertz CT molecular complexity index is 1350. The Balaban J connectivity index is 1.89. The molecule has 1 N–H and O–H groups in total. The molecular formula is C30H31ClN2O4. The molecular weight excluding hydrogens is 488 g/mol. The summed E-state index contributed by atoms with van der Waals surface area (Å²) < 4.78 is 5.58. The van der Waals surface area contributed by atoms with Crippen molar-refractivity contribution < 1.29 is 19.4 Å². The van der Waals surface area contributed by atoms with Gasteiger partial charge in [0, 0.05) is 30.0 Å². The molecule has 192 valence electrons. The van der Waals surface area contributed by atoms with Crippen LogP contribution in [-0.4, -0.2) is 36.5 Å². The van der Waals surface area contributed by atoms with E-state index in [0.29, 0.717) is 28.6 Å². The van der Waals surface area contributed by atoms with Gasteiger partial charge in [0.1, 0.15) is 11.5 Å². The summed E-state index contributed by atoms with van der Waals surface area (Å²) in [6.45, 7) is 10.0. The molecule has 0 aromatic heterocycles. The molecule has 1 aliphatic rings. The fourth-order valence-corrected chi connectivity index (χ4v) is 4.94. The van der Waals surface area contributed by atoms with Gasteiger partial charge in [0.25, 0.3) is 11.7 Å². The Morgan fingerprint density at radius 3 is 2.30 bits per heavy atom. The molecule has 0 saturated carbocycles. The summed E-state index contributed by atoms with van der Waals surface area (Å²) in [6, 6.07) is 19.2. The number of ketones is 1. The topological polar surface area (TPSA) is 70.1 Å². The molecule has 7 heteroatoms. The Kier molecular flexibility index (Phi) is 7.89. The minimum atomic E-state index is -0.799. The van der Waals surface area contributed by atoms with Crippen LogP contribution in [-0.2, 0) is 9.59 Å². The lowest BCUT2D eigenvalue weighted by atomic mass is 9.92. The molecule has 0 aliphatic carbocycles. The maximum atomic E-state index is 13.5. The molecule has 1 aliphatic heterocycles. The van der Waals surface area contributed by atoms with Crippen LogP contribution >= 0.6 is 11.6 Å². The Morgan fingerprint density at radius 2 is 1.68 bits per heavy atom. The molecule has 0 spiro atoms. The van der Waals surface area contributed by atoms with Crippen molar-refractivity contribution in [2.75, 3.05) is 29.5 Å². The van der Waals surface area contributed by atoms with E-state index in [9.17, 15) is 14.7 Å². The Hall–Kier alpha value is -3.77. The monoisotopic (exact) mass is 518 g/mol. The fraction of sp³-hybridized carbons (Fsp3) is 0.267. The van der Waals surface area contributed by atoms with Crippen LogP contribution in [0.15, 0.2) is 72.3 Å². The third-order valence-corrected chi connectivity index (χ3v) is 7.00.